The number of rotatable bonds is 3. The predicted octanol–water partition coefficient (Wildman–Crippen LogP) is 4.15. The zero-order valence-electron chi connectivity index (χ0n) is 11.5. The first-order valence-electron chi connectivity index (χ1n) is 6.71. The Balaban J connectivity index is 0.000000861. The largest absolute Gasteiger partial charge is 0.508 e. The number of benzene rings is 1. The second kappa shape index (κ2) is 8.83. The molecular formula is C16H22O2S. The van der Waals surface area contributed by atoms with Gasteiger partial charge in [0.1, 0.15) is 5.75 Å². The number of aliphatic hydroxyl groups is 1. The summed E-state index contributed by atoms with van der Waals surface area (Å²) in [5, 5.41) is 18.6. The van der Waals surface area contributed by atoms with Crippen molar-refractivity contribution in [3.05, 3.63) is 48.1 Å². The van der Waals surface area contributed by atoms with Crippen LogP contribution in [-0.4, -0.2) is 22.1 Å². The minimum Gasteiger partial charge on any atom is -0.508 e. The number of hydrogen-bond donors (Lipinski definition) is 2. The molecule has 0 aromatic heterocycles. The van der Waals surface area contributed by atoms with Gasteiger partial charge < -0.3 is 10.2 Å². The molecule has 2 N–H and O–H groups in total. The van der Waals surface area contributed by atoms with Crippen molar-refractivity contribution in [3.8, 4) is 5.75 Å². The first-order valence-corrected chi connectivity index (χ1v) is 7.70. The van der Waals surface area contributed by atoms with Crippen molar-refractivity contribution >= 4 is 11.8 Å². The molecule has 1 atom stereocenters. The van der Waals surface area contributed by atoms with Gasteiger partial charge in [0, 0.05) is 10.6 Å². The molecule has 0 spiro atoms. The van der Waals surface area contributed by atoms with Crippen molar-refractivity contribution in [2.45, 2.75) is 37.7 Å². The number of hydrogen-bond acceptors (Lipinski definition) is 3. The van der Waals surface area contributed by atoms with Gasteiger partial charge in [0.05, 0.1) is 6.10 Å². The van der Waals surface area contributed by atoms with Gasteiger partial charge >= 0.3 is 0 Å². The van der Waals surface area contributed by atoms with Crippen molar-refractivity contribution in [2.24, 2.45) is 0 Å². The molecule has 0 saturated heterocycles. The maximum Gasteiger partial charge on any atom is 0.115 e. The number of thioether (sulfide) groups is 1. The van der Waals surface area contributed by atoms with Crippen molar-refractivity contribution < 1.29 is 10.2 Å². The summed E-state index contributed by atoms with van der Waals surface area (Å²) in [6, 6.07) is 7.22. The lowest BCUT2D eigenvalue weighted by Gasteiger charge is -2.02. The predicted molar refractivity (Wildman–Crippen MR) is 82.6 cm³/mol. The van der Waals surface area contributed by atoms with Gasteiger partial charge in [-0.3, -0.25) is 0 Å². The molecule has 0 amide bonds. The quantitative estimate of drug-likeness (QED) is 0.816. The molecule has 0 bridgehead atoms. The lowest BCUT2D eigenvalue weighted by atomic mass is 10.2. The summed E-state index contributed by atoms with van der Waals surface area (Å²) < 4.78 is 0. The number of allylic oxidation sites excluding steroid dienone is 2. The maximum atomic E-state index is 9.47. The summed E-state index contributed by atoms with van der Waals surface area (Å²) in [5.41, 5.74) is 1.25. The highest BCUT2D eigenvalue weighted by Crippen LogP contribution is 2.24. The van der Waals surface area contributed by atoms with Crippen molar-refractivity contribution in [2.75, 3.05) is 5.75 Å². The van der Waals surface area contributed by atoms with Crippen LogP contribution in [0.15, 0.2) is 53.0 Å². The lowest BCUT2D eigenvalue weighted by Crippen LogP contribution is -1.98. The van der Waals surface area contributed by atoms with E-state index in [1.54, 1.807) is 23.9 Å². The van der Waals surface area contributed by atoms with Gasteiger partial charge in [-0.15, -0.1) is 11.8 Å². The molecule has 0 saturated carbocycles. The van der Waals surface area contributed by atoms with Gasteiger partial charge in [-0.2, -0.15) is 0 Å². The molecule has 1 aromatic rings. The molecule has 0 fully saturated rings. The number of phenolic OH excluding ortho intramolecular Hbond substituents is 1. The van der Waals surface area contributed by atoms with Gasteiger partial charge in [-0.1, -0.05) is 32.1 Å². The van der Waals surface area contributed by atoms with Gasteiger partial charge in [0.25, 0.3) is 0 Å². The Morgan fingerprint density at radius 3 is 2.58 bits per heavy atom. The van der Waals surface area contributed by atoms with Crippen molar-refractivity contribution in [1.29, 1.82) is 0 Å². The van der Waals surface area contributed by atoms with E-state index < -0.39 is 0 Å². The molecule has 104 valence electrons. The van der Waals surface area contributed by atoms with E-state index in [2.05, 4.69) is 6.08 Å². The highest BCUT2D eigenvalue weighted by atomic mass is 32.2. The molecule has 1 unspecified atom stereocenters. The number of aromatic hydroxyl groups is 1. The molecule has 2 nitrogen and oxygen atoms in total. The minimum absolute atomic E-state index is 0.297. The van der Waals surface area contributed by atoms with Crippen LogP contribution in [0.5, 0.6) is 5.75 Å². The molecular weight excluding hydrogens is 256 g/mol. The van der Waals surface area contributed by atoms with E-state index in [-0.39, 0.29) is 6.10 Å². The fraction of sp³-hybridized carbons (Fsp3) is 0.375. The molecule has 3 heteroatoms. The van der Waals surface area contributed by atoms with Crippen LogP contribution in [0.25, 0.3) is 0 Å². The molecule has 0 radical (unpaired) electrons. The Morgan fingerprint density at radius 1 is 1.21 bits per heavy atom. The first-order chi connectivity index (χ1) is 9.24. The summed E-state index contributed by atoms with van der Waals surface area (Å²) >= 11 is 1.73. The van der Waals surface area contributed by atoms with Crippen LogP contribution in [0.4, 0.5) is 0 Å². The van der Waals surface area contributed by atoms with Crippen LogP contribution >= 0.6 is 11.8 Å². The summed E-state index contributed by atoms with van der Waals surface area (Å²) in [6.45, 7) is 4.00. The van der Waals surface area contributed by atoms with E-state index in [4.69, 9.17) is 0 Å². The third kappa shape index (κ3) is 5.99. The Hall–Kier alpha value is -1.19. The lowest BCUT2D eigenvalue weighted by molar-refractivity contribution is 0.215. The Morgan fingerprint density at radius 2 is 1.89 bits per heavy atom. The fourth-order valence-corrected chi connectivity index (χ4v) is 2.53. The van der Waals surface area contributed by atoms with Crippen LogP contribution in [-0.2, 0) is 0 Å². The van der Waals surface area contributed by atoms with Crippen LogP contribution in [0.3, 0.4) is 0 Å². The third-order valence-corrected chi connectivity index (χ3v) is 3.73. The van der Waals surface area contributed by atoms with Gasteiger partial charge in [0.2, 0.25) is 0 Å². The van der Waals surface area contributed by atoms with E-state index in [1.807, 2.05) is 38.1 Å². The summed E-state index contributed by atoms with van der Waals surface area (Å²) in [5.74, 6) is 1.19. The highest BCUT2D eigenvalue weighted by molar-refractivity contribution is 7.99. The van der Waals surface area contributed by atoms with Gasteiger partial charge in [-0.25, -0.2) is 0 Å². The molecule has 2 rings (SSSR count). The molecule has 1 aliphatic rings. The average molecular weight is 278 g/mol. The molecule has 19 heavy (non-hydrogen) atoms. The summed E-state index contributed by atoms with van der Waals surface area (Å²) in [6.07, 6.45) is 7.48. The van der Waals surface area contributed by atoms with Crippen LogP contribution in [0.2, 0.25) is 0 Å². The summed E-state index contributed by atoms with van der Waals surface area (Å²) in [7, 11) is 0. The van der Waals surface area contributed by atoms with E-state index in [9.17, 15) is 10.2 Å². The smallest absolute Gasteiger partial charge is 0.115 e. The number of phenols is 1. The topological polar surface area (TPSA) is 40.5 Å². The normalized spacial score (nSPS) is 18.1. The van der Waals surface area contributed by atoms with Crippen LogP contribution in [0, 0.1) is 0 Å². The summed E-state index contributed by atoms with van der Waals surface area (Å²) in [4.78, 5) is 1.14. The maximum absolute atomic E-state index is 9.47. The van der Waals surface area contributed by atoms with Gasteiger partial charge in [0.15, 0.2) is 0 Å². The minimum atomic E-state index is -0.303. The Labute approximate surface area is 119 Å². The first kappa shape index (κ1) is 15.9. The highest BCUT2D eigenvalue weighted by Gasteiger charge is 2.04. The fourth-order valence-electron chi connectivity index (χ4n) is 1.65. The SMILES string of the molecule is CC.Oc1ccc(SCC2=CCCC(O)C=C2)cc1. The second-order valence-electron chi connectivity index (χ2n) is 4.07. The van der Waals surface area contributed by atoms with Crippen molar-refractivity contribution in [1.82, 2.24) is 0 Å². The van der Waals surface area contributed by atoms with Gasteiger partial charge in [-0.05, 0) is 42.7 Å². The zero-order valence-corrected chi connectivity index (χ0v) is 12.4. The number of aliphatic hydroxyl groups excluding tert-OH is 1. The third-order valence-electron chi connectivity index (χ3n) is 2.64. The van der Waals surface area contributed by atoms with Crippen LogP contribution < -0.4 is 0 Å². The second-order valence-corrected chi connectivity index (χ2v) is 5.11. The Bertz CT molecular complexity index is 421. The zero-order chi connectivity index (χ0) is 14.1. The molecule has 0 heterocycles. The monoisotopic (exact) mass is 278 g/mol. The standard InChI is InChI=1S/C14H16O2S.C2H6/c15-12-3-1-2-11(4-5-12)10-17-14-8-6-13(16)7-9-14;1-2/h2,4-9,12,15-16H,1,3,10H2;1-2H3. The average Bonchev–Trinajstić information content (AvgIpc) is 2.65. The van der Waals surface area contributed by atoms with E-state index in [0.29, 0.717) is 5.75 Å². The van der Waals surface area contributed by atoms with Crippen LogP contribution in [0.1, 0.15) is 26.7 Å². The molecule has 1 aromatic carbocycles. The van der Waals surface area contributed by atoms with E-state index in [0.717, 1.165) is 23.5 Å². The van der Waals surface area contributed by atoms with E-state index >= 15 is 0 Å². The Kier molecular flexibility index (Phi) is 7.38. The molecule has 1 aliphatic carbocycles. The molecule has 0 aliphatic heterocycles. The van der Waals surface area contributed by atoms with Crippen molar-refractivity contribution in [3.63, 3.8) is 0 Å². The van der Waals surface area contributed by atoms with E-state index in [1.165, 1.54) is 5.57 Å².